The Bertz CT molecular complexity index is 387. The summed E-state index contributed by atoms with van der Waals surface area (Å²) in [6, 6.07) is 1.62. The molecule has 17 heavy (non-hydrogen) atoms. The van der Waals surface area contributed by atoms with Gasteiger partial charge in [-0.1, -0.05) is 19.3 Å². The van der Waals surface area contributed by atoms with E-state index in [2.05, 4.69) is 9.97 Å². The lowest BCUT2D eigenvalue weighted by Gasteiger charge is -2.20. The number of hydrogen-bond acceptors (Lipinski definition) is 4. The average Bonchev–Trinajstić information content (AvgIpc) is 2.40. The molecule has 0 atom stereocenters. The molecule has 1 aliphatic carbocycles. The molecule has 0 amide bonds. The van der Waals surface area contributed by atoms with Crippen molar-refractivity contribution in [2.75, 3.05) is 6.61 Å². The lowest BCUT2D eigenvalue weighted by atomic mass is 9.88. The van der Waals surface area contributed by atoms with Gasteiger partial charge in [-0.25, -0.2) is 14.8 Å². The highest BCUT2D eigenvalue weighted by Gasteiger charge is 2.19. The first-order chi connectivity index (χ1) is 8.31. The maximum Gasteiger partial charge on any atom is 0.357 e. The molecular weight excluding hydrogens is 216 g/mol. The van der Waals surface area contributed by atoms with Gasteiger partial charge in [-0.05, 0) is 25.8 Å². The summed E-state index contributed by atoms with van der Waals surface area (Å²) in [5, 5.41) is 0. The molecule has 0 spiro atoms. The smallest absolute Gasteiger partial charge is 0.357 e. The van der Waals surface area contributed by atoms with E-state index in [9.17, 15) is 4.79 Å². The highest BCUT2D eigenvalue weighted by Crippen LogP contribution is 2.30. The summed E-state index contributed by atoms with van der Waals surface area (Å²) < 4.78 is 4.94. The second-order valence-electron chi connectivity index (χ2n) is 4.36. The Hall–Kier alpha value is -1.45. The van der Waals surface area contributed by atoms with Crippen molar-refractivity contribution in [1.82, 2.24) is 9.97 Å². The minimum absolute atomic E-state index is 0.355. The fraction of sp³-hybridized carbons (Fsp3) is 0.615. The largest absolute Gasteiger partial charge is 0.461 e. The number of esters is 1. The molecule has 1 aliphatic rings. The van der Waals surface area contributed by atoms with Crippen molar-refractivity contribution in [2.24, 2.45) is 0 Å². The van der Waals surface area contributed by atoms with E-state index in [0.717, 1.165) is 18.7 Å². The van der Waals surface area contributed by atoms with Crippen LogP contribution in [0.15, 0.2) is 12.3 Å². The maximum absolute atomic E-state index is 11.6. The lowest BCUT2D eigenvalue weighted by molar-refractivity contribution is 0.0518. The van der Waals surface area contributed by atoms with Gasteiger partial charge in [-0.15, -0.1) is 0 Å². The molecule has 0 aliphatic heterocycles. The highest BCUT2D eigenvalue weighted by molar-refractivity contribution is 5.87. The van der Waals surface area contributed by atoms with Crippen molar-refractivity contribution in [3.8, 4) is 0 Å². The summed E-state index contributed by atoms with van der Waals surface area (Å²) >= 11 is 0. The summed E-state index contributed by atoms with van der Waals surface area (Å²) in [7, 11) is 0. The first-order valence-corrected chi connectivity index (χ1v) is 6.31. The van der Waals surface area contributed by atoms with Crippen LogP contribution in [0.1, 0.15) is 61.3 Å². The van der Waals surface area contributed by atoms with E-state index in [1.54, 1.807) is 19.2 Å². The molecule has 4 heteroatoms. The Balaban J connectivity index is 2.12. The minimum atomic E-state index is -0.355. The van der Waals surface area contributed by atoms with E-state index in [1.165, 1.54) is 19.3 Å². The van der Waals surface area contributed by atoms with Crippen LogP contribution >= 0.6 is 0 Å². The number of aromatic nitrogens is 2. The van der Waals surface area contributed by atoms with Crippen LogP contribution < -0.4 is 0 Å². The van der Waals surface area contributed by atoms with Crippen LogP contribution in [-0.2, 0) is 4.74 Å². The zero-order valence-corrected chi connectivity index (χ0v) is 10.2. The fourth-order valence-corrected chi connectivity index (χ4v) is 2.25. The lowest BCUT2D eigenvalue weighted by Crippen LogP contribution is -2.13. The van der Waals surface area contributed by atoms with E-state index in [-0.39, 0.29) is 5.97 Å². The van der Waals surface area contributed by atoms with Gasteiger partial charge in [0, 0.05) is 12.1 Å². The second-order valence-corrected chi connectivity index (χ2v) is 4.36. The van der Waals surface area contributed by atoms with Crippen molar-refractivity contribution in [3.05, 3.63) is 23.8 Å². The number of hydrogen-bond donors (Lipinski definition) is 0. The molecule has 1 heterocycles. The molecule has 92 valence electrons. The zero-order valence-electron chi connectivity index (χ0n) is 10.2. The summed E-state index contributed by atoms with van der Waals surface area (Å²) in [6.07, 6.45) is 7.69. The molecule has 1 aromatic heterocycles. The van der Waals surface area contributed by atoms with E-state index >= 15 is 0 Å². The number of carbonyl (C=O) groups excluding carboxylic acids is 1. The number of ether oxygens (including phenoxy) is 1. The van der Waals surface area contributed by atoms with Crippen molar-refractivity contribution >= 4 is 5.97 Å². The summed E-state index contributed by atoms with van der Waals surface area (Å²) in [5.74, 6) is 0.861. The highest BCUT2D eigenvalue weighted by atomic mass is 16.5. The van der Waals surface area contributed by atoms with Gasteiger partial charge in [0.1, 0.15) is 5.82 Å². The summed E-state index contributed by atoms with van der Waals surface area (Å²) in [4.78, 5) is 20.2. The van der Waals surface area contributed by atoms with Gasteiger partial charge >= 0.3 is 5.97 Å². The standard InChI is InChI=1S/C13H18N2O2/c1-2-17-13(16)11-8-9-14-12(15-11)10-6-4-3-5-7-10/h8-10H,2-7H2,1H3. The molecule has 4 nitrogen and oxygen atoms in total. The van der Waals surface area contributed by atoms with E-state index < -0.39 is 0 Å². The minimum Gasteiger partial charge on any atom is -0.461 e. The third-order valence-corrected chi connectivity index (χ3v) is 3.13. The van der Waals surface area contributed by atoms with Gasteiger partial charge in [0.2, 0.25) is 0 Å². The summed E-state index contributed by atoms with van der Waals surface area (Å²) in [5.41, 5.74) is 0.377. The second kappa shape index (κ2) is 5.75. The number of nitrogens with zero attached hydrogens (tertiary/aromatic N) is 2. The Morgan fingerprint density at radius 2 is 2.18 bits per heavy atom. The van der Waals surface area contributed by atoms with Gasteiger partial charge in [-0.3, -0.25) is 0 Å². The molecule has 0 unspecified atom stereocenters. The van der Waals surface area contributed by atoms with Crippen molar-refractivity contribution in [2.45, 2.75) is 44.9 Å². The normalized spacial score (nSPS) is 16.8. The van der Waals surface area contributed by atoms with E-state index in [4.69, 9.17) is 4.74 Å². The van der Waals surface area contributed by atoms with Gasteiger partial charge in [-0.2, -0.15) is 0 Å². The van der Waals surface area contributed by atoms with Crippen LogP contribution in [0, 0.1) is 0 Å². The van der Waals surface area contributed by atoms with Crippen LogP contribution in [0.3, 0.4) is 0 Å². The molecule has 1 saturated carbocycles. The average molecular weight is 234 g/mol. The third-order valence-electron chi connectivity index (χ3n) is 3.13. The third kappa shape index (κ3) is 3.02. The molecule has 0 bridgehead atoms. The van der Waals surface area contributed by atoms with Crippen LogP contribution in [0.4, 0.5) is 0 Å². The van der Waals surface area contributed by atoms with Crippen LogP contribution in [0.25, 0.3) is 0 Å². The first kappa shape index (κ1) is 12.0. The monoisotopic (exact) mass is 234 g/mol. The Morgan fingerprint density at radius 1 is 1.41 bits per heavy atom. The van der Waals surface area contributed by atoms with Crippen LogP contribution in [-0.4, -0.2) is 22.5 Å². The van der Waals surface area contributed by atoms with E-state index in [1.807, 2.05) is 0 Å². The molecule has 0 N–H and O–H groups in total. The summed E-state index contributed by atoms with van der Waals surface area (Å²) in [6.45, 7) is 2.17. The van der Waals surface area contributed by atoms with Crippen LogP contribution in [0.2, 0.25) is 0 Å². The van der Waals surface area contributed by atoms with Gasteiger partial charge < -0.3 is 4.74 Å². The van der Waals surface area contributed by atoms with Crippen molar-refractivity contribution in [1.29, 1.82) is 0 Å². The maximum atomic E-state index is 11.6. The predicted molar refractivity (Wildman–Crippen MR) is 63.8 cm³/mol. The number of carbonyl (C=O) groups is 1. The molecule has 0 radical (unpaired) electrons. The van der Waals surface area contributed by atoms with E-state index in [0.29, 0.717) is 18.2 Å². The van der Waals surface area contributed by atoms with Gasteiger partial charge in [0.15, 0.2) is 5.69 Å². The molecule has 1 aromatic rings. The topological polar surface area (TPSA) is 52.1 Å². The van der Waals surface area contributed by atoms with Gasteiger partial charge in [0.05, 0.1) is 6.61 Å². The molecule has 2 rings (SSSR count). The Labute approximate surface area is 101 Å². The quantitative estimate of drug-likeness (QED) is 0.754. The fourth-order valence-electron chi connectivity index (χ4n) is 2.25. The Morgan fingerprint density at radius 3 is 2.88 bits per heavy atom. The molecule has 0 aromatic carbocycles. The Kier molecular flexibility index (Phi) is 4.07. The van der Waals surface area contributed by atoms with Crippen molar-refractivity contribution in [3.63, 3.8) is 0 Å². The number of rotatable bonds is 3. The SMILES string of the molecule is CCOC(=O)c1ccnc(C2CCCCC2)n1. The molecule has 0 saturated heterocycles. The van der Waals surface area contributed by atoms with Crippen LogP contribution in [0.5, 0.6) is 0 Å². The van der Waals surface area contributed by atoms with Crippen molar-refractivity contribution < 1.29 is 9.53 Å². The zero-order chi connectivity index (χ0) is 12.1. The van der Waals surface area contributed by atoms with Gasteiger partial charge in [0.25, 0.3) is 0 Å². The molecule has 1 fully saturated rings. The molecular formula is C13H18N2O2. The predicted octanol–water partition coefficient (Wildman–Crippen LogP) is 2.70. The first-order valence-electron chi connectivity index (χ1n) is 6.31.